The fraction of sp³-hybridized carbons (Fsp3) is 0.462. The fourth-order valence-corrected chi connectivity index (χ4v) is 2.18. The number of para-hydroxylation sites is 2. The fourth-order valence-electron chi connectivity index (χ4n) is 2.18. The van der Waals surface area contributed by atoms with Gasteiger partial charge in [-0.25, -0.2) is 4.79 Å². The largest absolute Gasteiger partial charge is 0.376 e. The Morgan fingerprint density at radius 3 is 2.94 bits per heavy atom. The predicted octanol–water partition coefficient (Wildman–Crippen LogP) is 0.708. The van der Waals surface area contributed by atoms with Gasteiger partial charge in [-0.3, -0.25) is 4.57 Å². The van der Waals surface area contributed by atoms with Crippen molar-refractivity contribution in [1.82, 2.24) is 14.9 Å². The van der Waals surface area contributed by atoms with E-state index in [4.69, 9.17) is 4.74 Å². The maximum atomic E-state index is 11.8. The van der Waals surface area contributed by atoms with E-state index in [2.05, 4.69) is 10.3 Å². The zero-order chi connectivity index (χ0) is 12.4. The number of ether oxygens (including phenoxy) is 1. The summed E-state index contributed by atoms with van der Waals surface area (Å²) in [5, 5.41) is 3.16. The molecule has 0 atom stereocenters. The van der Waals surface area contributed by atoms with Gasteiger partial charge in [0, 0.05) is 26.2 Å². The van der Waals surface area contributed by atoms with Crippen molar-refractivity contribution in [3.63, 3.8) is 0 Å². The van der Waals surface area contributed by atoms with Gasteiger partial charge in [0.05, 0.1) is 17.1 Å². The van der Waals surface area contributed by atoms with Gasteiger partial charge in [0.15, 0.2) is 0 Å². The summed E-state index contributed by atoms with van der Waals surface area (Å²) in [7, 11) is 0. The maximum absolute atomic E-state index is 11.8. The van der Waals surface area contributed by atoms with E-state index in [9.17, 15) is 4.79 Å². The monoisotopic (exact) mass is 247 g/mol. The number of imidazole rings is 1. The lowest BCUT2D eigenvalue weighted by Gasteiger charge is -2.27. The van der Waals surface area contributed by atoms with E-state index in [0.29, 0.717) is 19.3 Å². The molecular weight excluding hydrogens is 230 g/mol. The van der Waals surface area contributed by atoms with Gasteiger partial charge in [-0.2, -0.15) is 0 Å². The second-order valence-corrected chi connectivity index (χ2v) is 4.60. The van der Waals surface area contributed by atoms with Gasteiger partial charge in [-0.05, 0) is 18.6 Å². The third kappa shape index (κ3) is 2.19. The van der Waals surface area contributed by atoms with Crippen LogP contribution in [0.2, 0.25) is 0 Å². The number of rotatable bonds is 5. The van der Waals surface area contributed by atoms with Crippen molar-refractivity contribution in [3.8, 4) is 0 Å². The minimum atomic E-state index is -0.0403. The Morgan fingerprint density at radius 1 is 1.33 bits per heavy atom. The zero-order valence-electron chi connectivity index (χ0n) is 10.2. The lowest BCUT2D eigenvalue weighted by Crippen LogP contribution is -2.48. The van der Waals surface area contributed by atoms with Crippen molar-refractivity contribution in [2.45, 2.75) is 19.1 Å². The number of hydrogen-bond acceptors (Lipinski definition) is 3. The average molecular weight is 247 g/mol. The molecule has 0 amide bonds. The molecule has 1 aromatic heterocycles. The van der Waals surface area contributed by atoms with Crippen molar-refractivity contribution in [2.75, 3.05) is 19.7 Å². The number of nitrogens with zero attached hydrogens (tertiary/aromatic N) is 1. The number of aromatic amines is 1. The van der Waals surface area contributed by atoms with Crippen molar-refractivity contribution >= 4 is 11.0 Å². The minimum Gasteiger partial charge on any atom is -0.376 e. The normalized spacial score (nSPS) is 16.0. The molecule has 0 radical (unpaired) electrons. The second kappa shape index (κ2) is 4.96. The number of nitrogens with one attached hydrogen (secondary N) is 2. The number of fused-ring (bicyclic) bond motifs is 1. The van der Waals surface area contributed by atoms with E-state index in [-0.39, 0.29) is 5.69 Å². The van der Waals surface area contributed by atoms with Crippen LogP contribution in [0.15, 0.2) is 29.1 Å². The molecule has 5 heteroatoms. The Hall–Kier alpha value is -1.59. The van der Waals surface area contributed by atoms with Crippen LogP contribution in [0.1, 0.15) is 6.42 Å². The van der Waals surface area contributed by atoms with Gasteiger partial charge < -0.3 is 15.0 Å². The Balaban J connectivity index is 1.63. The van der Waals surface area contributed by atoms with Gasteiger partial charge in [0.1, 0.15) is 0 Å². The zero-order valence-corrected chi connectivity index (χ0v) is 10.2. The first-order chi connectivity index (χ1) is 8.84. The first-order valence-electron chi connectivity index (χ1n) is 6.34. The Bertz CT molecular complexity index is 583. The van der Waals surface area contributed by atoms with Gasteiger partial charge in [-0.1, -0.05) is 12.1 Å². The molecule has 0 saturated carbocycles. The van der Waals surface area contributed by atoms with Gasteiger partial charge >= 0.3 is 5.69 Å². The van der Waals surface area contributed by atoms with Gasteiger partial charge in [0.2, 0.25) is 0 Å². The summed E-state index contributed by atoms with van der Waals surface area (Å²) in [6.45, 7) is 3.31. The van der Waals surface area contributed by atoms with Crippen molar-refractivity contribution in [3.05, 3.63) is 34.7 Å². The molecule has 0 unspecified atom stereocenters. The predicted molar refractivity (Wildman–Crippen MR) is 69.8 cm³/mol. The Kier molecular flexibility index (Phi) is 3.17. The van der Waals surface area contributed by atoms with Crippen LogP contribution in [0.3, 0.4) is 0 Å². The van der Waals surface area contributed by atoms with E-state index in [1.807, 2.05) is 24.3 Å². The number of H-pyrrole nitrogens is 1. The smallest absolute Gasteiger partial charge is 0.326 e. The average Bonchev–Trinajstić information content (AvgIpc) is 2.63. The molecule has 2 aromatic rings. The van der Waals surface area contributed by atoms with Gasteiger partial charge in [-0.15, -0.1) is 0 Å². The van der Waals surface area contributed by atoms with Crippen molar-refractivity contribution in [2.24, 2.45) is 0 Å². The first kappa shape index (κ1) is 11.5. The number of aryl methyl sites for hydroxylation is 1. The molecule has 96 valence electrons. The molecule has 1 saturated heterocycles. The van der Waals surface area contributed by atoms with E-state index in [1.165, 1.54) is 0 Å². The van der Waals surface area contributed by atoms with Crippen LogP contribution in [0.5, 0.6) is 0 Å². The van der Waals surface area contributed by atoms with Crippen LogP contribution in [0.4, 0.5) is 0 Å². The van der Waals surface area contributed by atoms with Crippen LogP contribution in [-0.4, -0.2) is 35.4 Å². The van der Waals surface area contributed by atoms with E-state index >= 15 is 0 Å². The van der Waals surface area contributed by atoms with Crippen LogP contribution in [-0.2, 0) is 11.3 Å². The number of aromatic nitrogens is 2. The molecule has 0 bridgehead atoms. The molecule has 18 heavy (non-hydrogen) atoms. The summed E-state index contributed by atoms with van der Waals surface area (Å²) >= 11 is 0. The van der Waals surface area contributed by atoms with Crippen LogP contribution < -0.4 is 11.0 Å². The van der Waals surface area contributed by atoms with E-state index in [0.717, 1.165) is 30.5 Å². The molecule has 5 nitrogen and oxygen atoms in total. The quantitative estimate of drug-likeness (QED) is 0.765. The summed E-state index contributed by atoms with van der Waals surface area (Å²) in [5.74, 6) is 0. The molecule has 2 N–H and O–H groups in total. The standard InChI is InChI=1S/C13H17N3O2/c17-13-15-11-4-1-2-5-12(11)16(13)6-3-7-18-10-8-14-9-10/h1-2,4-5,10,14H,3,6-9H2,(H,15,17). The molecule has 1 aromatic carbocycles. The lowest BCUT2D eigenvalue weighted by atomic mass is 10.2. The summed E-state index contributed by atoms with van der Waals surface area (Å²) < 4.78 is 7.42. The molecule has 0 aliphatic carbocycles. The number of hydrogen-bond donors (Lipinski definition) is 2. The minimum absolute atomic E-state index is 0.0403. The maximum Gasteiger partial charge on any atom is 0.326 e. The molecule has 1 aliphatic heterocycles. The van der Waals surface area contributed by atoms with Crippen molar-refractivity contribution < 1.29 is 4.74 Å². The Morgan fingerprint density at radius 2 is 2.17 bits per heavy atom. The van der Waals surface area contributed by atoms with E-state index in [1.54, 1.807) is 4.57 Å². The molecular formula is C13H17N3O2. The van der Waals surface area contributed by atoms with Gasteiger partial charge in [0.25, 0.3) is 0 Å². The number of benzene rings is 1. The molecule has 0 spiro atoms. The third-order valence-corrected chi connectivity index (χ3v) is 3.31. The third-order valence-electron chi connectivity index (χ3n) is 3.31. The SMILES string of the molecule is O=c1[nH]c2ccccc2n1CCCOC1CNC1. The molecule has 1 fully saturated rings. The molecule has 2 heterocycles. The second-order valence-electron chi connectivity index (χ2n) is 4.60. The molecule has 1 aliphatic rings. The van der Waals surface area contributed by atoms with Crippen LogP contribution in [0, 0.1) is 0 Å². The summed E-state index contributed by atoms with van der Waals surface area (Å²) in [6.07, 6.45) is 1.22. The molecule has 3 rings (SSSR count). The summed E-state index contributed by atoms with van der Waals surface area (Å²) in [5.41, 5.74) is 1.82. The van der Waals surface area contributed by atoms with Crippen LogP contribution >= 0.6 is 0 Å². The lowest BCUT2D eigenvalue weighted by molar-refractivity contribution is 0.0164. The highest BCUT2D eigenvalue weighted by atomic mass is 16.5. The highest BCUT2D eigenvalue weighted by molar-refractivity contribution is 5.74. The highest BCUT2D eigenvalue weighted by Gasteiger charge is 2.16. The van der Waals surface area contributed by atoms with Crippen molar-refractivity contribution in [1.29, 1.82) is 0 Å². The first-order valence-corrected chi connectivity index (χ1v) is 6.34. The van der Waals surface area contributed by atoms with E-state index < -0.39 is 0 Å². The summed E-state index contributed by atoms with van der Waals surface area (Å²) in [6, 6.07) is 7.76. The highest BCUT2D eigenvalue weighted by Crippen LogP contribution is 2.09. The van der Waals surface area contributed by atoms with Crippen LogP contribution in [0.25, 0.3) is 11.0 Å². The Labute approximate surface area is 105 Å². The summed E-state index contributed by atoms with van der Waals surface area (Å²) in [4.78, 5) is 14.6. The topological polar surface area (TPSA) is 59.0 Å².